The van der Waals surface area contributed by atoms with Gasteiger partial charge in [-0.2, -0.15) is 0 Å². The van der Waals surface area contributed by atoms with Crippen molar-refractivity contribution < 1.29 is 9.47 Å². The number of nitrogens with zero attached hydrogens (tertiary/aromatic N) is 1. The van der Waals surface area contributed by atoms with Gasteiger partial charge in [0.05, 0.1) is 17.8 Å². The zero-order chi connectivity index (χ0) is 13.0. The smallest absolute Gasteiger partial charge is 0.219 e. The Morgan fingerprint density at radius 2 is 2.00 bits per heavy atom. The van der Waals surface area contributed by atoms with Crippen LogP contribution in [0.5, 0.6) is 17.4 Å². The minimum atomic E-state index is 0.272. The minimum Gasteiger partial charge on any atom is -0.497 e. The Balaban J connectivity index is 2.22. The molecule has 0 atom stereocenters. The van der Waals surface area contributed by atoms with Crippen LogP contribution in [0.25, 0.3) is 0 Å². The summed E-state index contributed by atoms with van der Waals surface area (Å²) in [6.45, 7) is 0.272. The SMILES string of the molecule is COc1cccc(Oc2ccc(Cl)c(CN)n2)c1. The topological polar surface area (TPSA) is 57.4 Å². The number of methoxy groups -OCH3 is 1. The number of aromatic nitrogens is 1. The zero-order valence-electron chi connectivity index (χ0n) is 9.89. The van der Waals surface area contributed by atoms with Crippen LogP contribution in [0.4, 0.5) is 0 Å². The van der Waals surface area contributed by atoms with E-state index in [0.717, 1.165) is 5.75 Å². The van der Waals surface area contributed by atoms with E-state index < -0.39 is 0 Å². The van der Waals surface area contributed by atoms with Gasteiger partial charge in [-0.15, -0.1) is 0 Å². The molecule has 1 heterocycles. The molecule has 0 amide bonds. The van der Waals surface area contributed by atoms with E-state index in [0.29, 0.717) is 22.3 Å². The van der Waals surface area contributed by atoms with Gasteiger partial charge in [0.1, 0.15) is 11.5 Å². The van der Waals surface area contributed by atoms with Gasteiger partial charge in [0.15, 0.2) is 0 Å². The van der Waals surface area contributed by atoms with Gasteiger partial charge < -0.3 is 15.2 Å². The summed E-state index contributed by atoms with van der Waals surface area (Å²) in [5, 5.41) is 0.537. The second-order valence-electron chi connectivity index (χ2n) is 3.56. The molecule has 0 saturated heterocycles. The summed E-state index contributed by atoms with van der Waals surface area (Å²) in [6.07, 6.45) is 0. The van der Waals surface area contributed by atoms with Gasteiger partial charge in [-0.3, -0.25) is 0 Å². The Bertz CT molecular complexity index is 546. The lowest BCUT2D eigenvalue weighted by atomic mass is 10.3. The first-order chi connectivity index (χ1) is 8.72. The molecular formula is C13H13ClN2O2. The van der Waals surface area contributed by atoms with Gasteiger partial charge in [-0.1, -0.05) is 17.7 Å². The molecule has 18 heavy (non-hydrogen) atoms. The Hall–Kier alpha value is -1.78. The predicted octanol–water partition coefficient (Wildman–Crippen LogP) is 2.99. The van der Waals surface area contributed by atoms with E-state index >= 15 is 0 Å². The molecule has 0 unspecified atom stereocenters. The average molecular weight is 265 g/mol. The van der Waals surface area contributed by atoms with Crippen molar-refractivity contribution in [3.05, 3.63) is 47.1 Å². The summed E-state index contributed by atoms with van der Waals surface area (Å²) < 4.78 is 10.7. The predicted molar refractivity (Wildman–Crippen MR) is 70.2 cm³/mol. The number of nitrogens with two attached hydrogens (primary N) is 1. The Labute approximate surface area is 110 Å². The Morgan fingerprint density at radius 1 is 1.22 bits per heavy atom. The third kappa shape index (κ3) is 2.91. The zero-order valence-corrected chi connectivity index (χ0v) is 10.6. The van der Waals surface area contributed by atoms with Crippen LogP contribution in [0.2, 0.25) is 5.02 Å². The highest BCUT2D eigenvalue weighted by Gasteiger charge is 2.05. The van der Waals surface area contributed by atoms with Crippen molar-refractivity contribution in [3.63, 3.8) is 0 Å². The van der Waals surface area contributed by atoms with Crippen LogP contribution in [0.1, 0.15) is 5.69 Å². The van der Waals surface area contributed by atoms with E-state index in [1.807, 2.05) is 18.2 Å². The van der Waals surface area contributed by atoms with Crippen LogP contribution in [0.15, 0.2) is 36.4 Å². The number of pyridine rings is 1. The highest BCUT2D eigenvalue weighted by atomic mass is 35.5. The van der Waals surface area contributed by atoms with Crippen LogP contribution in [0, 0.1) is 0 Å². The fourth-order valence-electron chi connectivity index (χ4n) is 1.45. The third-order valence-corrected chi connectivity index (χ3v) is 2.69. The molecule has 94 valence electrons. The second kappa shape index (κ2) is 5.71. The van der Waals surface area contributed by atoms with Crippen molar-refractivity contribution in [2.45, 2.75) is 6.54 Å². The quantitative estimate of drug-likeness (QED) is 0.922. The van der Waals surface area contributed by atoms with Gasteiger partial charge in [-0.25, -0.2) is 4.98 Å². The first kappa shape index (κ1) is 12.7. The molecule has 0 aliphatic rings. The molecule has 0 radical (unpaired) electrons. The molecular weight excluding hydrogens is 252 g/mol. The molecule has 1 aromatic heterocycles. The summed E-state index contributed by atoms with van der Waals surface area (Å²) in [6, 6.07) is 10.7. The summed E-state index contributed by atoms with van der Waals surface area (Å²) in [4.78, 5) is 4.22. The second-order valence-corrected chi connectivity index (χ2v) is 3.97. The maximum Gasteiger partial charge on any atom is 0.219 e. The van der Waals surface area contributed by atoms with Gasteiger partial charge >= 0.3 is 0 Å². The highest BCUT2D eigenvalue weighted by Crippen LogP contribution is 2.25. The molecule has 2 rings (SSSR count). The van der Waals surface area contributed by atoms with E-state index in [4.69, 9.17) is 26.8 Å². The molecule has 2 N–H and O–H groups in total. The van der Waals surface area contributed by atoms with Gasteiger partial charge in [0, 0.05) is 18.7 Å². The molecule has 0 aliphatic heterocycles. The van der Waals surface area contributed by atoms with E-state index in [1.54, 1.807) is 25.3 Å². The lowest BCUT2D eigenvalue weighted by Gasteiger charge is -2.08. The van der Waals surface area contributed by atoms with Crippen LogP contribution in [0.3, 0.4) is 0 Å². The fourth-order valence-corrected chi connectivity index (χ4v) is 1.63. The van der Waals surface area contributed by atoms with Crippen molar-refractivity contribution in [2.24, 2.45) is 5.73 Å². The molecule has 0 fully saturated rings. The first-order valence-corrected chi connectivity index (χ1v) is 5.78. The van der Waals surface area contributed by atoms with Crippen molar-refractivity contribution in [1.82, 2.24) is 4.98 Å². The first-order valence-electron chi connectivity index (χ1n) is 5.40. The standard InChI is InChI=1S/C13H13ClN2O2/c1-17-9-3-2-4-10(7-9)18-13-6-5-11(14)12(8-15)16-13/h2-7H,8,15H2,1H3. The number of hydrogen-bond acceptors (Lipinski definition) is 4. The van der Waals surface area contributed by atoms with E-state index in [2.05, 4.69) is 4.98 Å². The molecule has 0 bridgehead atoms. The third-order valence-electron chi connectivity index (χ3n) is 2.35. The maximum atomic E-state index is 5.93. The normalized spacial score (nSPS) is 10.2. The summed E-state index contributed by atoms with van der Waals surface area (Å²) in [5.74, 6) is 1.82. The van der Waals surface area contributed by atoms with Crippen molar-refractivity contribution in [3.8, 4) is 17.4 Å². The molecule has 1 aromatic carbocycles. The number of hydrogen-bond donors (Lipinski definition) is 1. The van der Waals surface area contributed by atoms with Gasteiger partial charge in [-0.05, 0) is 18.2 Å². The van der Waals surface area contributed by atoms with Crippen molar-refractivity contribution in [2.75, 3.05) is 7.11 Å². The number of halogens is 1. The van der Waals surface area contributed by atoms with Crippen molar-refractivity contribution >= 4 is 11.6 Å². The van der Waals surface area contributed by atoms with Crippen LogP contribution < -0.4 is 15.2 Å². The molecule has 2 aromatic rings. The van der Waals surface area contributed by atoms with Crippen LogP contribution in [-0.4, -0.2) is 12.1 Å². The number of benzene rings is 1. The fraction of sp³-hybridized carbons (Fsp3) is 0.154. The number of ether oxygens (including phenoxy) is 2. The molecule has 0 aliphatic carbocycles. The summed E-state index contributed by atoms with van der Waals surface area (Å²) in [5.41, 5.74) is 6.14. The Morgan fingerprint density at radius 3 is 2.72 bits per heavy atom. The monoisotopic (exact) mass is 264 g/mol. The Kier molecular flexibility index (Phi) is 4.02. The average Bonchev–Trinajstić information content (AvgIpc) is 2.41. The lowest BCUT2D eigenvalue weighted by molar-refractivity contribution is 0.407. The summed E-state index contributed by atoms with van der Waals surface area (Å²) >= 11 is 5.93. The van der Waals surface area contributed by atoms with Gasteiger partial charge in [0.2, 0.25) is 5.88 Å². The van der Waals surface area contributed by atoms with Crippen LogP contribution in [-0.2, 0) is 6.54 Å². The molecule has 4 nitrogen and oxygen atoms in total. The van der Waals surface area contributed by atoms with E-state index in [-0.39, 0.29) is 6.54 Å². The molecule has 5 heteroatoms. The molecule has 0 spiro atoms. The van der Waals surface area contributed by atoms with Crippen molar-refractivity contribution in [1.29, 1.82) is 0 Å². The minimum absolute atomic E-state index is 0.272. The maximum absolute atomic E-state index is 5.93. The highest BCUT2D eigenvalue weighted by molar-refractivity contribution is 6.31. The molecule has 0 saturated carbocycles. The van der Waals surface area contributed by atoms with Gasteiger partial charge in [0.25, 0.3) is 0 Å². The van der Waals surface area contributed by atoms with E-state index in [1.165, 1.54) is 0 Å². The lowest BCUT2D eigenvalue weighted by Crippen LogP contribution is -2.01. The van der Waals surface area contributed by atoms with E-state index in [9.17, 15) is 0 Å². The summed E-state index contributed by atoms with van der Waals surface area (Å²) in [7, 11) is 1.60. The van der Waals surface area contributed by atoms with Crippen LogP contribution >= 0.6 is 11.6 Å². The largest absolute Gasteiger partial charge is 0.497 e. The number of rotatable bonds is 4.